The van der Waals surface area contributed by atoms with Crippen LogP contribution in [0.2, 0.25) is 0 Å². The van der Waals surface area contributed by atoms with Crippen molar-refractivity contribution >= 4 is 10.2 Å². The third-order valence-corrected chi connectivity index (χ3v) is 4.19. The summed E-state index contributed by atoms with van der Waals surface area (Å²) in [4.78, 5) is 0. The molecule has 6 heteroatoms. The standard InChI is InChI=1S/C9H22N2O3S/c1-7(2)9(6-12)10-15(13,14)11(5)8(3)4/h7-10,12H,6H2,1-5H3. The van der Waals surface area contributed by atoms with Crippen molar-refractivity contribution in [2.75, 3.05) is 13.7 Å². The molecule has 0 bridgehead atoms. The fraction of sp³-hybridized carbons (Fsp3) is 1.00. The lowest BCUT2D eigenvalue weighted by Gasteiger charge is -2.26. The van der Waals surface area contributed by atoms with E-state index in [-0.39, 0.29) is 18.6 Å². The van der Waals surface area contributed by atoms with E-state index in [0.29, 0.717) is 0 Å². The minimum Gasteiger partial charge on any atom is -0.395 e. The van der Waals surface area contributed by atoms with Gasteiger partial charge in [-0.1, -0.05) is 13.8 Å². The van der Waals surface area contributed by atoms with Crippen molar-refractivity contribution in [2.24, 2.45) is 5.92 Å². The normalized spacial score (nSPS) is 15.3. The van der Waals surface area contributed by atoms with E-state index in [0.717, 1.165) is 0 Å². The smallest absolute Gasteiger partial charge is 0.279 e. The van der Waals surface area contributed by atoms with E-state index in [9.17, 15) is 8.42 Å². The Kier molecular flexibility index (Phi) is 5.72. The Morgan fingerprint density at radius 1 is 1.27 bits per heavy atom. The van der Waals surface area contributed by atoms with Crippen LogP contribution in [0.25, 0.3) is 0 Å². The fourth-order valence-electron chi connectivity index (χ4n) is 0.936. The molecule has 0 heterocycles. The minimum atomic E-state index is -3.49. The topological polar surface area (TPSA) is 69.6 Å². The molecule has 1 unspecified atom stereocenters. The lowest BCUT2D eigenvalue weighted by atomic mass is 10.1. The lowest BCUT2D eigenvalue weighted by molar-refractivity contribution is 0.224. The average Bonchev–Trinajstić information content (AvgIpc) is 2.12. The molecule has 0 rings (SSSR count). The van der Waals surface area contributed by atoms with Gasteiger partial charge in [-0.2, -0.15) is 17.4 Å². The number of rotatable bonds is 6. The van der Waals surface area contributed by atoms with E-state index in [4.69, 9.17) is 5.11 Å². The first-order chi connectivity index (χ1) is 6.72. The summed E-state index contributed by atoms with van der Waals surface area (Å²) in [5.74, 6) is 0.0605. The number of hydrogen-bond acceptors (Lipinski definition) is 3. The molecule has 0 spiro atoms. The van der Waals surface area contributed by atoms with Gasteiger partial charge in [-0.3, -0.25) is 0 Å². The van der Waals surface area contributed by atoms with Crippen LogP contribution in [0.3, 0.4) is 0 Å². The van der Waals surface area contributed by atoms with Gasteiger partial charge < -0.3 is 5.11 Å². The molecule has 1 atom stereocenters. The van der Waals surface area contributed by atoms with E-state index in [1.54, 1.807) is 13.8 Å². The van der Waals surface area contributed by atoms with E-state index >= 15 is 0 Å². The summed E-state index contributed by atoms with van der Waals surface area (Å²) in [6, 6.07) is -0.537. The van der Waals surface area contributed by atoms with Crippen LogP contribution in [0.5, 0.6) is 0 Å². The molecule has 0 saturated heterocycles. The van der Waals surface area contributed by atoms with Gasteiger partial charge in [0.25, 0.3) is 10.2 Å². The fourth-order valence-corrected chi connectivity index (χ4v) is 2.39. The van der Waals surface area contributed by atoms with Crippen molar-refractivity contribution in [1.82, 2.24) is 9.03 Å². The molecular formula is C9H22N2O3S. The highest BCUT2D eigenvalue weighted by Crippen LogP contribution is 2.06. The summed E-state index contributed by atoms with van der Waals surface area (Å²) < 4.78 is 27.2. The second kappa shape index (κ2) is 5.79. The summed E-state index contributed by atoms with van der Waals surface area (Å²) in [7, 11) is -1.98. The maximum Gasteiger partial charge on any atom is 0.279 e. The SMILES string of the molecule is CC(C)C(CO)NS(=O)(=O)N(C)C(C)C. The summed E-state index contributed by atoms with van der Waals surface area (Å²) >= 11 is 0. The number of aliphatic hydroxyl groups excluding tert-OH is 1. The van der Waals surface area contributed by atoms with Crippen molar-refractivity contribution in [2.45, 2.75) is 39.8 Å². The van der Waals surface area contributed by atoms with Gasteiger partial charge in [0, 0.05) is 19.1 Å². The molecule has 5 nitrogen and oxygen atoms in total. The third-order valence-electron chi connectivity index (χ3n) is 2.41. The van der Waals surface area contributed by atoms with Crippen LogP contribution in [0.4, 0.5) is 0 Å². The van der Waals surface area contributed by atoms with Crippen LogP contribution in [-0.2, 0) is 10.2 Å². The van der Waals surface area contributed by atoms with Gasteiger partial charge in [0.15, 0.2) is 0 Å². The Morgan fingerprint density at radius 2 is 1.73 bits per heavy atom. The first-order valence-corrected chi connectivity index (χ1v) is 6.52. The predicted octanol–water partition coefficient (Wildman–Crippen LogP) is 0.178. The second-order valence-electron chi connectivity index (χ2n) is 4.27. The van der Waals surface area contributed by atoms with Gasteiger partial charge in [0.1, 0.15) is 0 Å². The Morgan fingerprint density at radius 3 is 2.00 bits per heavy atom. The first kappa shape index (κ1) is 14.8. The quantitative estimate of drug-likeness (QED) is 0.693. The summed E-state index contributed by atoms with van der Waals surface area (Å²) in [5, 5.41) is 9.03. The van der Waals surface area contributed by atoms with Crippen LogP contribution in [-0.4, -0.2) is 43.6 Å². The van der Waals surface area contributed by atoms with Crippen molar-refractivity contribution in [3.63, 3.8) is 0 Å². The van der Waals surface area contributed by atoms with E-state index in [1.165, 1.54) is 11.4 Å². The van der Waals surface area contributed by atoms with E-state index in [1.807, 2.05) is 13.8 Å². The van der Waals surface area contributed by atoms with Gasteiger partial charge in [-0.25, -0.2) is 0 Å². The minimum absolute atomic E-state index is 0.0605. The molecule has 0 aliphatic carbocycles. The molecule has 15 heavy (non-hydrogen) atoms. The van der Waals surface area contributed by atoms with Gasteiger partial charge in [0.05, 0.1) is 6.61 Å². The molecule has 0 aromatic rings. The van der Waals surface area contributed by atoms with Crippen LogP contribution >= 0.6 is 0 Å². The van der Waals surface area contributed by atoms with Crippen LogP contribution in [0, 0.1) is 5.92 Å². The van der Waals surface area contributed by atoms with Crippen molar-refractivity contribution in [3.05, 3.63) is 0 Å². The monoisotopic (exact) mass is 238 g/mol. The molecule has 2 N–H and O–H groups in total. The summed E-state index contributed by atoms with van der Waals surface area (Å²) in [6.07, 6.45) is 0. The largest absolute Gasteiger partial charge is 0.395 e. The Labute approximate surface area is 92.7 Å². The maximum atomic E-state index is 11.7. The number of nitrogens with zero attached hydrogens (tertiary/aromatic N) is 1. The lowest BCUT2D eigenvalue weighted by Crippen LogP contribution is -2.49. The van der Waals surface area contributed by atoms with Crippen molar-refractivity contribution in [3.8, 4) is 0 Å². The summed E-state index contributed by atoms with van der Waals surface area (Å²) in [6.45, 7) is 7.12. The molecule has 0 aliphatic heterocycles. The number of hydrogen-bond donors (Lipinski definition) is 2. The Bertz CT molecular complexity index is 275. The van der Waals surface area contributed by atoms with Crippen LogP contribution in [0.15, 0.2) is 0 Å². The molecular weight excluding hydrogens is 216 g/mol. The van der Waals surface area contributed by atoms with Gasteiger partial charge in [-0.15, -0.1) is 0 Å². The molecule has 0 fully saturated rings. The molecule has 92 valence electrons. The van der Waals surface area contributed by atoms with Gasteiger partial charge in [0.2, 0.25) is 0 Å². The zero-order chi connectivity index (χ0) is 12.2. The Balaban J connectivity index is 4.63. The third kappa shape index (κ3) is 4.46. The van der Waals surface area contributed by atoms with E-state index < -0.39 is 16.3 Å². The van der Waals surface area contributed by atoms with Crippen LogP contribution in [0.1, 0.15) is 27.7 Å². The molecule has 0 saturated carbocycles. The molecule has 0 aromatic heterocycles. The Hall–Kier alpha value is -0.170. The zero-order valence-corrected chi connectivity index (χ0v) is 10.9. The number of aliphatic hydroxyl groups is 1. The van der Waals surface area contributed by atoms with Gasteiger partial charge >= 0.3 is 0 Å². The average molecular weight is 238 g/mol. The molecule has 0 radical (unpaired) electrons. The summed E-state index contributed by atoms with van der Waals surface area (Å²) in [5.41, 5.74) is 0. The highest BCUT2D eigenvalue weighted by molar-refractivity contribution is 7.87. The first-order valence-electron chi connectivity index (χ1n) is 5.08. The maximum absolute atomic E-state index is 11.7. The second-order valence-corrected chi connectivity index (χ2v) is 6.03. The van der Waals surface area contributed by atoms with E-state index in [2.05, 4.69) is 4.72 Å². The van der Waals surface area contributed by atoms with Crippen molar-refractivity contribution in [1.29, 1.82) is 0 Å². The predicted molar refractivity (Wildman–Crippen MR) is 60.7 cm³/mol. The highest BCUT2D eigenvalue weighted by atomic mass is 32.2. The number of nitrogens with one attached hydrogen (secondary N) is 1. The van der Waals surface area contributed by atoms with Gasteiger partial charge in [-0.05, 0) is 19.8 Å². The van der Waals surface area contributed by atoms with Crippen molar-refractivity contribution < 1.29 is 13.5 Å². The highest BCUT2D eigenvalue weighted by Gasteiger charge is 2.25. The molecule has 0 amide bonds. The molecule has 0 aromatic carbocycles. The molecule has 0 aliphatic rings. The zero-order valence-electron chi connectivity index (χ0n) is 10.1. The van der Waals surface area contributed by atoms with Crippen LogP contribution < -0.4 is 4.72 Å².